The maximum absolute atomic E-state index is 2.59. The predicted octanol–water partition coefficient (Wildman–Crippen LogP) is 6.69. The minimum absolute atomic E-state index is 0.523. The third-order valence-electron chi connectivity index (χ3n) is 7.07. The average Bonchev–Trinajstić information content (AvgIpc) is 2.38. The van der Waals surface area contributed by atoms with Gasteiger partial charge in [0.1, 0.15) is 0 Å². The van der Waals surface area contributed by atoms with Gasteiger partial charge in [0.15, 0.2) is 0 Å². The van der Waals surface area contributed by atoms with Crippen molar-refractivity contribution in [2.24, 2.45) is 34.5 Å². The zero-order valence-corrected chi connectivity index (χ0v) is 15.0. The van der Waals surface area contributed by atoms with Gasteiger partial charge in [-0.1, -0.05) is 54.4 Å². The van der Waals surface area contributed by atoms with Gasteiger partial charge in [0.25, 0.3) is 0 Å². The Morgan fingerprint density at radius 3 is 1.30 bits per heavy atom. The lowest BCUT2D eigenvalue weighted by molar-refractivity contribution is 0.0252. The van der Waals surface area contributed by atoms with Crippen LogP contribution in [0.5, 0.6) is 0 Å². The summed E-state index contributed by atoms with van der Waals surface area (Å²) >= 11 is 0. The van der Waals surface area contributed by atoms with Gasteiger partial charge in [-0.05, 0) is 73.0 Å². The number of hydrogen-bond acceptors (Lipinski definition) is 0. The molecule has 0 saturated heterocycles. The highest BCUT2D eigenvalue weighted by Gasteiger charge is 2.41. The van der Waals surface area contributed by atoms with E-state index in [-0.39, 0.29) is 0 Å². The van der Waals surface area contributed by atoms with Crippen molar-refractivity contribution in [1.82, 2.24) is 0 Å². The van der Waals surface area contributed by atoms with Crippen LogP contribution in [-0.4, -0.2) is 0 Å². The second kappa shape index (κ2) is 6.01. The molecule has 2 rings (SSSR count). The van der Waals surface area contributed by atoms with Crippen LogP contribution < -0.4 is 0 Å². The molecule has 2 aliphatic rings. The molecule has 0 unspecified atom stereocenters. The fourth-order valence-electron chi connectivity index (χ4n) is 5.04. The second-order valence-corrected chi connectivity index (χ2v) is 9.69. The Kier molecular flexibility index (Phi) is 4.92. The first kappa shape index (κ1) is 16.4. The highest BCUT2D eigenvalue weighted by atomic mass is 14.5. The molecule has 0 spiro atoms. The summed E-state index contributed by atoms with van der Waals surface area (Å²) in [5.41, 5.74) is 1.11. The van der Waals surface area contributed by atoms with E-state index in [1.807, 2.05) is 0 Å². The summed E-state index contributed by atoms with van der Waals surface area (Å²) in [6.45, 7) is 14.9. The molecule has 2 fully saturated rings. The largest absolute Gasteiger partial charge is 0.0625 e. The highest BCUT2D eigenvalue weighted by molar-refractivity contribution is 4.91. The molecule has 0 aromatic carbocycles. The van der Waals surface area contributed by atoms with Gasteiger partial charge in [0.2, 0.25) is 0 Å². The maximum Gasteiger partial charge on any atom is -0.0298 e. The van der Waals surface area contributed by atoms with Crippen LogP contribution in [0.1, 0.15) is 92.9 Å². The Bertz CT molecular complexity index is 290. The Labute approximate surface area is 128 Å². The zero-order chi connectivity index (χ0) is 15.0. The summed E-state index contributed by atoms with van der Waals surface area (Å²) < 4.78 is 0. The Balaban J connectivity index is 1.91. The summed E-state index contributed by atoms with van der Waals surface area (Å²) in [6, 6.07) is 0. The van der Waals surface area contributed by atoms with E-state index in [9.17, 15) is 0 Å². The van der Waals surface area contributed by atoms with Crippen molar-refractivity contribution in [1.29, 1.82) is 0 Å². The van der Waals surface area contributed by atoms with E-state index in [0.29, 0.717) is 10.8 Å². The van der Waals surface area contributed by atoms with Crippen LogP contribution in [0.4, 0.5) is 0 Å². The predicted molar refractivity (Wildman–Crippen MR) is 89.8 cm³/mol. The van der Waals surface area contributed by atoms with Gasteiger partial charge in [-0.15, -0.1) is 0 Å². The zero-order valence-electron chi connectivity index (χ0n) is 15.0. The molecule has 0 aliphatic heterocycles. The molecule has 0 aromatic heterocycles. The Hall–Kier alpha value is 0. The van der Waals surface area contributed by atoms with Gasteiger partial charge in [0.05, 0.1) is 0 Å². The summed E-state index contributed by atoms with van der Waals surface area (Å²) in [5, 5.41) is 0. The first-order valence-corrected chi connectivity index (χ1v) is 9.21. The molecule has 0 heteroatoms. The van der Waals surface area contributed by atoms with Gasteiger partial charge in [-0.25, -0.2) is 0 Å². The maximum atomic E-state index is 2.59. The average molecular weight is 279 g/mol. The molecular weight excluding hydrogens is 240 g/mol. The molecule has 0 bridgehead atoms. The van der Waals surface area contributed by atoms with Crippen LogP contribution in [-0.2, 0) is 0 Å². The third kappa shape index (κ3) is 3.60. The van der Waals surface area contributed by atoms with Crippen LogP contribution in [0.2, 0.25) is 0 Å². The van der Waals surface area contributed by atoms with Crippen molar-refractivity contribution in [3.8, 4) is 0 Å². The van der Waals surface area contributed by atoms with Crippen molar-refractivity contribution < 1.29 is 0 Å². The van der Waals surface area contributed by atoms with Crippen molar-refractivity contribution >= 4 is 0 Å². The molecule has 0 amide bonds. The van der Waals surface area contributed by atoms with E-state index in [0.717, 1.165) is 23.7 Å². The molecular formula is C20H38. The first-order valence-electron chi connectivity index (χ1n) is 9.21. The smallest absolute Gasteiger partial charge is 0.0298 e. The molecule has 0 atom stereocenters. The minimum atomic E-state index is 0.523. The molecule has 0 nitrogen and oxygen atoms in total. The molecule has 0 radical (unpaired) electrons. The van der Waals surface area contributed by atoms with E-state index in [1.54, 1.807) is 0 Å². The SMILES string of the molecule is CC1CCC(C(C)(C)C2CCC(C(C)(C)C)CC2)CC1. The van der Waals surface area contributed by atoms with Crippen LogP contribution in [0.3, 0.4) is 0 Å². The summed E-state index contributed by atoms with van der Waals surface area (Å²) in [7, 11) is 0. The molecule has 0 aromatic rings. The molecule has 0 heterocycles. The number of hydrogen-bond donors (Lipinski definition) is 0. The van der Waals surface area contributed by atoms with E-state index >= 15 is 0 Å². The fraction of sp³-hybridized carbons (Fsp3) is 1.00. The molecule has 2 saturated carbocycles. The molecule has 0 N–H and O–H groups in total. The Morgan fingerprint density at radius 1 is 0.550 bits per heavy atom. The minimum Gasteiger partial charge on any atom is -0.0625 e. The van der Waals surface area contributed by atoms with E-state index in [1.165, 1.54) is 51.4 Å². The monoisotopic (exact) mass is 278 g/mol. The first-order chi connectivity index (χ1) is 9.21. The summed E-state index contributed by atoms with van der Waals surface area (Å²) in [4.78, 5) is 0. The number of rotatable bonds is 2. The van der Waals surface area contributed by atoms with Gasteiger partial charge < -0.3 is 0 Å². The second-order valence-electron chi connectivity index (χ2n) is 9.69. The van der Waals surface area contributed by atoms with E-state index in [4.69, 9.17) is 0 Å². The normalized spacial score (nSPS) is 36.9. The standard InChI is InChI=1S/C20H38/c1-15-7-9-17(10-8-15)20(5,6)18-13-11-16(12-14-18)19(2,3)4/h15-18H,7-14H2,1-6H3. The highest BCUT2D eigenvalue weighted by Crippen LogP contribution is 2.51. The quantitative estimate of drug-likeness (QED) is 0.527. The van der Waals surface area contributed by atoms with Gasteiger partial charge in [-0.3, -0.25) is 0 Å². The lowest BCUT2D eigenvalue weighted by Gasteiger charge is -2.48. The van der Waals surface area contributed by atoms with Crippen molar-refractivity contribution in [3.05, 3.63) is 0 Å². The van der Waals surface area contributed by atoms with Crippen LogP contribution in [0.25, 0.3) is 0 Å². The van der Waals surface area contributed by atoms with E-state index in [2.05, 4.69) is 41.5 Å². The van der Waals surface area contributed by atoms with Crippen LogP contribution >= 0.6 is 0 Å². The van der Waals surface area contributed by atoms with E-state index < -0.39 is 0 Å². The lowest BCUT2D eigenvalue weighted by atomic mass is 9.58. The van der Waals surface area contributed by atoms with Crippen LogP contribution in [0.15, 0.2) is 0 Å². The lowest BCUT2D eigenvalue weighted by Crippen LogP contribution is -2.38. The van der Waals surface area contributed by atoms with Crippen molar-refractivity contribution in [3.63, 3.8) is 0 Å². The Morgan fingerprint density at radius 2 is 0.900 bits per heavy atom. The van der Waals surface area contributed by atoms with Gasteiger partial charge >= 0.3 is 0 Å². The van der Waals surface area contributed by atoms with Crippen LogP contribution in [0, 0.1) is 34.5 Å². The third-order valence-corrected chi connectivity index (χ3v) is 7.07. The van der Waals surface area contributed by atoms with Crippen molar-refractivity contribution in [2.75, 3.05) is 0 Å². The topological polar surface area (TPSA) is 0 Å². The molecule has 2 aliphatic carbocycles. The molecule has 118 valence electrons. The fourth-order valence-corrected chi connectivity index (χ4v) is 5.04. The summed E-state index contributed by atoms with van der Waals surface area (Å²) in [5.74, 6) is 3.92. The van der Waals surface area contributed by atoms with Gasteiger partial charge in [-0.2, -0.15) is 0 Å². The molecule has 20 heavy (non-hydrogen) atoms. The van der Waals surface area contributed by atoms with Crippen molar-refractivity contribution in [2.45, 2.75) is 92.9 Å². The summed E-state index contributed by atoms with van der Waals surface area (Å²) in [6.07, 6.45) is 11.9. The van der Waals surface area contributed by atoms with Gasteiger partial charge in [0, 0.05) is 0 Å².